The van der Waals surface area contributed by atoms with Gasteiger partial charge in [-0.3, -0.25) is 9.59 Å². The molecular weight excluding hydrogens is 390 g/mol. The molecule has 0 radical (unpaired) electrons. The molecule has 0 bridgehead atoms. The summed E-state index contributed by atoms with van der Waals surface area (Å²) >= 11 is 0. The smallest absolute Gasteiger partial charge is 0.200 e. The standard InChI is InChI=1S/C20H21N5O5/c21-4-6-23-16-9-3-5-22-17(9)18(24-7-8-25-30)15-14(16)19(28)12-10(26)1-2-11(27)13(12)20(15)29/h1-3,5,22-27,30H,4,6-8,21H2. The van der Waals surface area contributed by atoms with Crippen LogP contribution in [0.3, 0.4) is 0 Å². The fourth-order valence-corrected chi connectivity index (χ4v) is 3.84. The summed E-state index contributed by atoms with van der Waals surface area (Å²) in [6, 6.07) is 4.12. The van der Waals surface area contributed by atoms with Gasteiger partial charge in [-0.25, -0.2) is 5.48 Å². The maximum Gasteiger partial charge on any atom is 0.200 e. The average Bonchev–Trinajstić information content (AvgIpc) is 3.22. The Hall–Kier alpha value is -3.60. The quantitative estimate of drug-likeness (QED) is 0.0959. The second kappa shape index (κ2) is 7.67. The fourth-order valence-electron chi connectivity index (χ4n) is 3.84. The lowest BCUT2D eigenvalue weighted by atomic mass is 9.80. The van der Waals surface area contributed by atoms with E-state index in [1.54, 1.807) is 12.3 Å². The lowest BCUT2D eigenvalue weighted by molar-refractivity contribution is 0.0975. The van der Waals surface area contributed by atoms with E-state index in [1.165, 1.54) is 12.1 Å². The predicted molar refractivity (Wildman–Crippen MR) is 111 cm³/mol. The molecule has 9 N–H and O–H groups in total. The third-order valence-electron chi connectivity index (χ3n) is 5.07. The number of phenolic OH excluding ortho intramolecular Hbond substituents is 2. The molecule has 1 aromatic heterocycles. The van der Waals surface area contributed by atoms with Crippen LogP contribution in [0.25, 0.3) is 10.9 Å². The molecule has 0 aliphatic heterocycles. The molecule has 30 heavy (non-hydrogen) atoms. The van der Waals surface area contributed by atoms with E-state index in [1.807, 2.05) is 5.48 Å². The van der Waals surface area contributed by atoms with Gasteiger partial charge in [-0.05, 0) is 18.2 Å². The van der Waals surface area contributed by atoms with Gasteiger partial charge < -0.3 is 36.8 Å². The van der Waals surface area contributed by atoms with Crippen molar-refractivity contribution in [3.63, 3.8) is 0 Å². The van der Waals surface area contributed by atoms with Crippen molar-refractivity contribution in [1.82, 2.24) is 10.5 Å². The highest BCUT2D eigenvalue weighted by molar-refractivity contribution is 6.36. The van der Waals surface area contributed by atoms with Crippen molar-refractivity contribution in [2.45, 2.75) is 0 Å². The summed E-state index contributed by atoms with van der Waals surface area (Å²) in [7, 11) is 0. The monoisotopic (exact) mass is 411 g/mol. The number of rotatable bonds is 7. The number of carbonyl (C=O) groups is 2. The molecule has 3 aromatic rings. The molecule has 0 unspecified atom stereocenters. The first kappa shape index (κ1) is 19.7. The van der Waals surface area contributed by atoms with E-state index in [0.717, 1.165) is 0 Å². The zero-order valence-corrected chi connectivity index (χ0v) is 15.9. The van der Waals surface area contributed by atoms with Gasteiger partial charge >= 0.3 is 0 Å². The molecule has 2 aromatic carbocycles. The van der Waals surface area contributed by atoms with E-state index < -0.39 is 17.3 Å². The highest BCUT2D eigenvalue weighted by Gasteiger charge is 2.39. The van der Waals surface area contributed by atoms with Crippen molar-refractivity contribution in [3.8, 4) is 11.5 Å². The van der Waals surface area contributed by atoms with Crippen LogP contribution >= 0.6 is 0 Å². The second-order valence-electron chi connectivity index (χ2n) is 6.83. The van der Waals surface area contributed by atoms with Crippen LogP contribution in [0.2, 0.25) is 0 Å². The maximum absolute atomic E-state index is 13.5. The third-order valence-corrected chi connectivity index (χ3v) is 5.07. The number of anilines is 2. The number of hydroxylamine groups is 1. The molecule has 10 heteroatoms. The number of aromatic amines is 1. The molecule has 0 atom stereocenters. The fraction of sp³-hybridized carbons (Fsp3) is 0.200. The van der Waals surface area contributed by atoms with Gasteiger partial charge in [0, 0.05) is 37.8 Å². The minimum atomic E-state index is -0.597. The maximum atomic E-state index is 13.5. The summed E-state index contributed by atoms with van der Waals surface area (Å²) in [6.45, 7) is 1.10. The lowest BCUT2D eigenvalue weighted by Gasteiger charge is -2.26. The van der Waals surface area contributed by atoms with Gasteiger partial charge in [-0.15, -0.1) is 0 Å². The minimum absolute atomic E-state index is 0.0702. The van der Waals surface area contributed by atoms with Crippen molar-refractivity contribution in [3.05, 3.63) is 46.6 Å². The Morgan fingerprint density at radius 1 is 0.833 bits per heavy atom. The average molecular weight is 411 g/mol. The molecule has 10 nitrogen and oxygen atoms in total. The number of benzene rings is 2. The van der Waals surface area contributed by atoms with Crippen LogP contribution in [0.4, 0.5) is 11.4 Å². The topological polar surface area (TPSA) is 173 Å². The second-order valence-corrected chi connectivity index (χ2v) is 6.83. The van der Waals surface area contributed by atoms with Crippen LogP contribution in [-0.2, 0) is 0 Å². The number of phenols is 2. The van der Waals surface area contributed by atoms with Crippen LogP contribution < -0.4 is 21.8 Å². The predicted octanol–water partition coefficient (Wildman–Crippen LogP) is 1.12. The first-order valence-electron chi connectivity index (χ1n) is 9.37. The number of hydrogen-bond donors (Lipinski definition) is 8. The van der Waals surface area contributed by atoms with Crippen LogP contribution in [0.1, 0.15) is 31.8 Å². The Bertz CT molecular complexity index is 1170. The molecule has 4 rings (SSSR count). The first-order valence-corrected chi connectivity index (χ1v) is 9.37. The number of nitrogens with two attached hydrogens (primary N) is 1. The van der Waals surface area contributed by atoms with Gasteiger partial charge in [0.25, 0.3) is 0 Å². The van der Waals surface area contributed by atoms with Crippen molar-refractivity contribution in [2.75, 3.05) is 36.8 Å². The Labute approximate surface area is 170 Å². The van der Waals surface area contributed by atoms with Gasteiger partial charge in [0.15, 0.2) is 0 Å². The number of carbonyl (C=O) groups excluding carboxylic acids is 2. The van der Waals surface area contributed by atoms with Crippen LogP contribution in [0, 0.1) is 0 Å². The summed E-state index contributed by atoms with van der Waals surface area (Å²) < 4.78 is 0. The molecule has 1 heterocycles. The summed E-state index contributed by atoms with van der Waals surface area (Å²) in [5.74, 6) is -1.96. The third kappa shape index (κ3) is 2.86. The zero-order valence-electron chi connectivity index (χ0n) is 15.9. The normalized spacial score (nSPS) is 12.7. The summed E-state index contributed by atoms with van der Waals surface area (Å²) in [5.41, 5.74) is 8.70. The number of fused-ring (bicyclic) bond motifs is 3. The lowest BCUT2D eigenvalue weighted by Crippen LogP contribution is -2.27. The number of aromatic hydroxyl groups is 2. The van der Waals surface area contributed by atoms with Crippen molar-refractivity contribution in [2.24, 2.45) is 5.73 Å². The number of ketones is 2. The number of nitrogens with one attached hydrogen (secondary N) is 4. The summed E-state index contributed by atoms with van der Waals surface area (Å²) in [4.78, 5) is 30.0. The molecule has 0 saturated heterocycles. The van der Waals surface area contributed by atoms with E-state index in [0.29, 0.717) is 35.4 Å². The molecule has 0 amide bonds. The van der Waals surface area contributed by atoms with Gasteiger partial charge in [0.2, 0.25) is 11.6 Å². The van der Waals surface area contributed by atoms with Crippen molar-refractivity contribution >= 4 is 33.8 Å². The Kier molecular flexibility index (Phi) is 5.04. The summed E-state index contributed by atoms with van der Waals surface area (Å²) in [5, 5.41) is 36.3. The van der Waals surface area contributed by atoms with Gasteiger partial charge in [0.05, 0.1) is 39.1 Å². The Morgan fingerprint density at radius 2 is 1.43 bits per heavy atom. The first-order chi connectivity index (χ1) is 14.5. The molecule has 0 spiro atoms. The molecule has 1 aliphatic rings. The Balaban J connectivity index is 2.06. The molecule has 0 fully saturated rings. The van der Waals surface area contributed by atoms with Crippen molar-refractivity contribution < 1.29 is 25.0 Å². The van der Waals surface area contributed by atoms with E-state index in [-0.39, 0.29) is 41.1 Å². The van der Waals surface area contributed by atoms with E-state index in [4.69, 9.17) is 10.9 Å². The number of H-pyrrole nitrogens is 1. The minimum Gasteiger partial charge on any atom is -0.507 e. The SMILES string of the molecule is NCCNc1c2c(c(NCCNO)c3[nH]ccc13)C(=O)c1c(O)ccc(O)c1C2=O. The highest BCUT2D eigenvalue weighted by Crippen LogP contribution is 2.46. The summed E-state index contributed by atoms with van der Waals surface area (Å²) in [6.07, 6.45) is 1.68. The van der Waals surface area contributed by atoms with Crippen LogP contribution in [0.15, 0.2) is 24.4 Å². The zero-order chi connectivity index (χ0) is 21.4. The van der Waals surface area contributed by atoms with Crippen molar-refractivity contribution in [1.29, 1.82) is 0 Å². The molecular formula is C20H21N5O5. The molecule has 156 valence electrons. The van der Waals surface area contributed by atoms with E-state index in [9.17, 15) is 19.8 Å². The van der Waals surface area contributed by atoms with E-state index >= 15 is 0 Å². The number of aromatic nitrogens is 1. The van der Waals surface area contributed by atoms with Crippen LogP contribution in [0.5, 0.6) is 11.5 Å². The van der Waals surface area contributed by atoms with Gasteiger partial charge in [-0.1, -0.05) is 0 Å². The number of hydrogen-bond acceptors (Lipinski definition) is 9. The molecule has 1 aliphatic carbocycles. The van der Waals surface area contributed by atoms with Gasteiger partial charge in [-0.2, -0.15) is 0 Å². The Morgan fingerprint density at radius 3 is 2.03 bits per heavy atom. The highest BCUT2D eigenvalue weighted by atomic mass is 16.5. The van der Waals surface area contributed by atoms with Gasteiger partial charge in [0.1, 0.15) is 11.5 Å². The van der Waals surface area contributed by atoms with Crippen LogP contribution in [-0.4, -0.2) is 58.1 Å². The largest absolute Gasteiger partial charge is 0.507 e. The molecule has 0 saturated carbocycles. The van der Waals surface area contributed by atoms with E-state index in [2.05, 4.69) is 15.6 Å².